The molecule has 2 saturated heterocycles. The Labute approximate surface area is 283 Å². The number of benzene rings is 3. The van der Waals surface area contributed by atoms with Crippen molar-refractivity contribution in [1.29, 1.82) is 0 Å². The molecule has 0 aliphatic carbocycles. The molecule has 2 aliphatic rings. The molecule has 16 heteroatoms. The van der Waals surface area contributed by atoms with Crippen molar-refractivity contribution in [2.24, 2.45) is 0 Å². The molecule has 1 unspecified atom stereocenters. The van der Waals surface area contributed by atoms with Crippen molar-refractivity contribution in [2.75, 3.05) is 7.11 Å². The van der Waals surface area contributed by atoms with Gasteiger partial charge in [-0.2, -0.15) is 39.5 Å². The second-order valence-corrected chi connectivity index (χ2v) is 12.1. The van der Waals surface area contributed by atoms with Crippen LogP contribution < -0.4 is 4.74 Å². The van der Waals surface area contributed by atoms with Gasteiger partial charge in [0.1, 0.15) is 6.10 Å². The number of hydrogen-bond acceptors (Lipinski definition) is 5. The molecule has 4 aromatic rings. The van der Waals surface area contributed by atoms with E-state index >= 15 is 0 Å². The van der Waals surface area contributed by atoms with Gasteiger partial charge in [-0.1, -0.05) is 12.1 Å². The van der Waals surface area contributed by atoms with Gasteiger partial charge >= 0.3 is 30.6 Å². The summed E-state index contributed by atoms with van der Waals surface area (Å²) in [5.41, 5.74) is -2.99. The molecule has 0 bridgehead atoms. The number of carboxylic acids is 1. The Bertz CT molecular complexity index is 2010. The van der Waals surface area contributed by atoms with E-state index in [0.29, 0.717) is 28.8 Å². The Balaban J connectivity index is 1.46. The quantitative estimate of drug-likeness (QED) is 0.199. The van der Waals surface area contributed by atoms with Gasteiger partial charge in [-0.15, -0.1) is 0 Å². The van der Waals surface area contributed by atoms with E-state index in [9.17, 15) is 54.2 Å². The van der Waals surface area contributed by atoms with Crippen molar-refractivity contribution >= 4 is 12.1 Å². The van der Waals surface area contributed by atoms with E-state index in [1.165, 1.54) is 25.4 Å². The van der Waals surface area contributed by atoms with Crippen molar-refractivity contribution in [1.82, 2.24) is 9.88 Å². The Morgan fingerprint density at radius 3 is 2.02 bits per heavy atom. The van der Waals surface area contributed by atoms with Gasteiger partial charge in [0.2, 0.25) is 5.88 Å². The SMILES string of the molecule is COc1ncc(-c2ccc(C(=O)O)cc2C)cc1-c1ccc(C(F)(F)F)cc1[C@@H]1CC[C@H]2C(c3cc(C(F)(F)F)cc(C(F)(F)F)c3)OC(=O)N12. The van der Waals surface area contributed by atoms with Crippen LogP contribution in [-0.2, 0) is 23.3 Å². The number of nitrogens with zero attached hydrogens (tertiary/aromatic N) is 2. The highest BCUT2D eigenvalue weighted by Gasteiger charge is 2.52. The standard InChI is InChI=1S/C35H25F9N2O5/c1-16-9-17(31(47)48)3-5-23(16)19-12-26(30(50-2)45-15-19)24-6-4-20(33(36,37)38)14-25(24)27-7-8-28-29(51-32(49)46(27)28)18-10-21(34(39,40)41)13-22(11-18)35(42,43)44/h3-6,9-15,27-29H,7-8H2,1-2H3,(H,47,48)/t27-,28-,29?/m0/s1. The van der Waals surface area contributed by atoms with Crippen molar-refractivity contribution in [3.05, 3.63) is 106 Å². The molecule has 1 aromatic heterocycles. The molecule has 1 N–H and O–H groups in total. The van der Waals surface area contributed by atoms with Crippen molar-refractivity contribution in [2.45, 2.75) is 56.5 Å². The lowest BCUT2D eigenvalue weighted by Crippen LogP contribution is -2.31. The van der Waals surface area contributed by atoms with Crippen LogP contribution in [0.3, 0.4) is 0 Å². The summed E-state index contributed by atoms with van der Waals surface area (Å²) in [7, 11) is 1.28. The first-order chi connectivity index (χ1) is 23.8. The number of cyclic esters (lactones) is 1. The number of carboxylic acid groups (broad SMARTS) is 1. The van der Waals surface area contributed by atoms with Crippen LogP contribution in [0.2, 0.25) is 0 Å². The number of carbonyl (C=O) groups excluding carboxylic acids is 1. The summed E-state index contributed by atoms with van der Waals surface area (Å²) < 4.78 is 135. The molecule has 1 amide bonds. The van der Waals surface area contributed by atoms with Gasteiger partial charge in [0.25, 0.3) is 0 Å². The van der Waals surface area contributed by atoms with Gasteiger partial charge in [-0.25, -0.2) is 14.6 Å². The van der Waals surface area contributed by atoms with E-state index in [4.69, 9.17) is 9.47 Å². The van der Waals surface area contributed by atoms with Crippen molar-refractivity contribution in [3.63, 3.8) is 0 Å². The molecule has 7 nitrogen and oxygen atoms in total. The fourth-order valence-electron chi connectivity index (χ4n) is 6.72. The average molecular weight is 725 g/mol. The number of carbonyl (C=O) groups is 2. The highest BCUT2D eigenvalue weighted by molar-refractivity contribution is 5.89. The van der Waals surface area contributed by atoms with Gasteiger partial charge in [-0.3, -0.25) is 4.90 Å². The van der Waals surface area contributed by atoms with Gasteiger partial charge < -0.3 is 14.6 Å². The lowest BCUT2D eigenvalue weighted by Gasteiger charge is -2.26. The zero-order chi connectivity index (χ0) is 37.2. The number of alkyl halides is 9. The fourth-order valence-corrected chi connectivity index (χ4v) is 6.72. The third-order valence-electron chi connectivity index (χ3n) is 9.01. The number of pyridine rings is 1. The summed E-state index contributed by atoms with van der Waals surface area (Å²) in [6, 6.07) is 7.33. The molecule has 3 aromatic carbocycles. The molecule has 51 heavy (non-hydrogen) atoms. The van der Waals surface area contributed by atoms with Crippen molar-refractivity contribution in [3.8, 4) is 28.1 Å². The molecule has 0 radical (unpaired) electrons. The van der Waals surface area contributed by atoms with Crippen LogP contribution in [0.1, 0.15) is 68.7 Å². The Kier molecular flexibility index (Phi) is 8.71. The number of amides is 1. The molecule has 0 spiro atoms. The van der Waals surface area contributed by atoms with E-state index in [2.05, 4.69) is 4.98 Å². The first kappa shape index (κ1) is 35.5. The fraction of sp³-hybridized carbons (Fsp3) is 0.286. The third-order valence-corrected chi connectivity index (χ3v) is 9.01. The number of aromatic nitrogens is 1. The molecule has 3 atom stereocenters. The van der Waals surface area contributed by atoms with Gasteiger partial charge in [-0.05, 0) is 96.1 Å². The number of methoxy groups -OCH3 is 1. The predicted octanol–water partition coefficient (Wildman–Crippen LogP) is 9.88. The van der Waals surface area contributed by atoms with Crippen LogP contribution in [0.5, 0.6) is 5.88 Å². The minimum absolute atomic E-state index is 0.0130. The number of ether oxygens (including phenoxy) is 2. The molecular formula is C35H25F9N2O5. The molecule has 6 rings (SSSR count). The molecule has 0 saturated carbocycles. The second-order valence-electron chi connectivity index (χ2n) is 12.1. The maximum atomic E-state index is 14.1. The van der Waals surface area contributed by atoms with Gasteiger partial charge in [0.15, 0.2) is 0 Å². The maximum Gasteiger partial charge on any atom is 0.416 e. The lowest BCUT2D eigenvalue weighted by molar-refractivity contribution is -0.143. The summed E-state index contributed by atoms with van der Waals surface area (Å²) >= 11 is 0. The van der Waals surface area contributed by atoms with E-state index in [0.717, 1.165) is 23.1 Å². The van der Waals surface area contributed by atoms with Crippen LogP contribution in [0.15, 0.2) is 66.9 Å². The Morgan fingerprint density at radius 1 is 0.824 bits per heavy atom. The largest absolute Gasteiger partial charge is 0.481 e. The van der Waals surface area contributed by atoms with Gasteiger partial charge in [0.05, 0.1) is 41.4 Å². The van der Waals surface area contributed by atoms with Crippen LogP contribution >= 0.6 is 0 Å². The number of rotatable bonds is 6. The molecule has 268 valence electrons. The number of fused-ring (bicyclic) bond motifs is 1. The van der Waals surface area contributed by atoms with Crippen LogP contribution in [0.25, 0.3) is 22.3 Å². The topological polar surface area (TPSA) is 89.0 Å². The van der Waals surface area contributed by atoms with E-state index in [1.807, 2.05) is 0 Å². The zero-order valence-electron chi connectivity index (χ0n) is 26.4. The maximum absolute atomic E-state index is 14.1. The first-order valence-corrected chi connectivity index (χ1v) is 15.2. The number of hydrogen-bond donors (Lipinski definition) is 1. The molecule has 2 aliphatic heterocycles. The van der Waals surface area contributed by atoms with E-state index < -0.39 is 71.0 Å². The summed E-state index contributed by atoms with van der Waals surface area (Å²) in [5, 5.41) is 9.36. The van der Waals surface area contributed by atoms with Crippen LogP contribution in [-0.4, -0.2) is 40.2 Å². The molecular weight excluding hydrogens is 699 g/mol. The number of aryl methyl sites for hydroxylation is 1. The minimum atomic E-state index is -5.16. The monoisotopic (exact) mass is 724 g/mol. The van der Waals surface area contributed by atoms with Crippen LogP contribution in [0, 0.1) is 6.92 Å². The predicted molar refractivity (Wildman–Crippen MR) is 162 cm³/mol. The summed E-state index contributed by atoms with van der Waals surface area (Å²) in [6.45, 7) is 1.66. The summed E-state index contributed by atoms with van der Waals surface area (Å²) in [5.74, 6) is -1.17. The highest BCUT2D eigenvalue weighted by atomic mass is 19.4. The third kappa shape index (κ3) is 6.66. The summed E-state index contributed by atoms with van der Waals surface area (Å²) in [6.07, 6.45) is -16.5. The van der Waals surface area contributed by atoms with Crippen molar-refractivity contribution < 1.29 is 63.7 Å². The minimum Gasteiger partial charge on any atom is -0.481 e. The first-order valence-electron chi connectivity index (χ1n) is 15.2. The lowest BCUT2D eigenvalue weighted by atomic mass is 9.90. The van der Waals surface area contributed by atoms with E-state index in [-0.39, 0.29) is 47.0 Å². The Hall–Kier alpha value is -5.28. The Morgan fingerprint density at radius 2 is 1.45 bits per heavy atom. The zero-order valence-corrected chi connectivity index (χ0v) is 26.4. The normalized spacial score (nSPS) is 19.2. The van der Waals surface area contributed by atoms with Crippen LogP contribution in [0.4, 0.5) is 44.3 Å². The average Bonchev–Trinajstić information content (AvgIpc) is 3.63. The highest BCUT2D eigenvalue weighted by Crippen LogP contribution is 2.51. The van der Waals surface area contributed by atoms with E-state index in [1.54, 1.807) is 19.1 Å². The second kappa shape index (κ2) is 12.5. The molecule has 2 fully saturated rings. The smallest absolute Gasteiger partial charge is 0.416 e. The number of aromatic carboxylic acids is 1. The van der Waals surface area contributed by atoms with Gasteiger partial charge in [0, 0.05) is 17.3 Å². The molecule has 3 heterocycles. The summed E-state index contributed by atoms with van der Waals surface area (Å²) in [4.78, 5) is 30.2. The number of halogens is 9.